The van der Waals surface area contributed by atoms with E-state index in [1.807, 2.05) is 17.0 Å². The molecule has 156 valence electrons. The Morgan fingerprint density at radius 3 is 2.93 bits per heavy atom. The molecule has 1 saturated heterocycles. The highest BCUT2D eigenvalue weighted by molar-refractivity contribution is 6.35. The number of pyridine rings is 1. The number of aromatic nitrogens is 1. The number of fused-ring (bicyclic) bond motifs is 1. The van der Waals surface area contributed by atoms with Crippen LogP contribution in [0.25, 0.3) is 10.9 Å². The highest BCUT2D eigenvalue weighted by Gasteiger charge is 2.33. The lowest BCUT2D eigenvalue weighted by Crippen LogP contribution is -2.45. The fourth-order valence-corrected chi connectivity index (χ4v) is 4.88. The lowest BCUT2D eigenvalue weighted by atomic mass is 9.79. The molecule has 2 aliphatic rings. The fraction of sp³-hybridized carbons (Fsp3) is 0.545. The zero-order chi connectivity index (χ0) is 20.6. The Kier molecular flexibility index (Phi) is 5.67. The molecule has 0 spiro atoms. The molecule has 3 unspecified atom stereocenters. The van der Waals surface area contributed by atoms with E-state index in [0.717, 1.165) is 12.8 Å². The van der Waals surface area contributed by atoms with Crippen LogP contribution in [-0.4, -0.2) is 47.4 Å². The molecule has 2 N–H and O–H groups in total. The third-order valence-electron chi connectivity index (χ3n) is 6.13. The van der Waals surface area contributed by atoms with E-state index in [2.05, 4.69) is 17.2 Å². The molecule has 0 bridgehead atoms. The number of carbonyl (C=O) groups is 1. The normalized spacial score (nSPS) is 27.4. The van der Waals surface area contributed by atoms with Crippen LogP contribution in [0.5, 0.6) is 0 Å². The molecule has 4 rings (SSSR count). The van der Waals surface area contributed by atoms with Gasteiger partial charge < -0.3 is 15.3 Å². The summed E-state index contributed by atoms with van der Waals surface area (Å²) < 4.78 is 13.5. The average molecular weight is 420 g/mol. The molecule has 1 saturated carbocycles. The fourth-order valence-electron chi connectivity index (χ4n) is 4.63. The van der Waals surface area contributed by atoms with E-state index >= 15 is 0 Å². The predicted molar refractivity (Wildman–Crippen MR) is 113 cm³/mol. The second kappa shape index (κ2) is 8.07. The number of benzene rings is 1. The van der Waals surface area contributed by atoms with Crippen molar-refractivity contribution in [3.63, 3.8) is 0 Å². The summed E-state index contributed by atoms with van der Waals surface area (Å²) in [4.78, 5) is 19.5. The first-order chi connectivity index (χ1) is 13.8. The largest absolute Gasteiger partial charge is 0.388 e. The van der Waals surface area contributed by atoms with Gasteiger partial charge in [-0.2, -0.15) is 0 Å². The average Bonchev–Trinajstić information content (AvgIpc) is 3.12. The molecular formula is C22H27ClFN3O2. The summed E-state index contributed by atoms with van der Waals surface area (Å²) in [6, 6.07) is 7.07. The molecule has 1 aliphatic carbocycles. The van der Waals surface area contributed by atoms with Crippen molar-refractivity contribution in [2.24, 2.45) is 5.92 Å². The topological polar surface area (TPSA) is 65.5 Å². The van der Waals surface area contributed by atoms with Crippen molar-refractivity contribution >= 4 is 34.2 Å². The van der Waals surface area contributed by atoms with Crippen molar-refractivity contribution in [2.75, 3.05) is 24.5 Å². The van der Waals surface area contributed by atoms with Gasteiger partial charge in [-0.15, -0.1) is 0 Å². The maximum absolute atomic E-state index is 13.5. The number of anilines is 1. The number of carbonyl (C=O) groups excluding carboxylic acids is 1. The highest BCUT2D eigenvalue weighted by atomic mass is 35.5. The van der Waals surface area contributed by atoms with Gasteiger partial charge in [0, 0.05) is 18.5 Å². The van der Waals surface area contributed by atoms with Crippen molar-refractivity contribution < 1.29 is 14.3 Å². The van der Waals surface area contributed by atoms with Crippen LogP contribution in [0.3, 0.4) is 0 Å². The SMILES string of the molecule is CC1CCCC(O)(CNC(=O)c2c(Cl)ccc3nc(N4CCC(F)C4)ccc23)C1. The van der Waals surface area contributed by atoms with Crippen LogP contribution in [0.15, 0.2) is 24.3 Å². The van der Waals surface area contributed by atoms with Gasteiger partial charge >= 0.3 is 0 Å². The number of alkyl halides is 1. The summed E-state index contributed by atoms with van der Waals surface area (Å²) >= 11 is 6.35. The molecule has 1 aromatic carbocycles. The molecule has 29 heavy (non-hydrogen) atoms. The summed E-state index contributed by atoms with van der Waals surface area (Å²) in [6.45, 7) is 3.32. The monoisotopic (exact) mass is 419 g/mol. The Labute approximate surface area is 175 Å². The molecule has 3 atom stereocenters. The summed E-state index contributed by atoms with van der Waals surface area (Å²) in [5, 5.41) is 14.7. The smallest absolute Gasteiger partial charge is 0.253 e. The van der Waals surface area contributed by atoms with Gasteiger partial charge in [-0.1, -0.05) is 31.4 Å². The molecule has 0 radical (unpaired) electrons. The Hall–Kier alpha value is -1.92. The van der Waals surface area contributed by atoms with Crippen LogP contribution in [0, 0.1) is 5.92 Å². The molecule has 1 aromatic heterocycles. The van der Waals surface area contributed by atoms with Gasteiger partial charge in [0.05, 0.1) is 28.2 Å². The Balaban J connectivity index is 1.56. The maximum Gasteiger partial charge on any atom is 0.253 e. The first-order valence-electron chi connectivity index (χ1n) is 10.3. The van der Waals surface area contributed by atoms with E-state index in [1.54, 1.807) is 12.1 Å². The van der Waals surface area contributed by atoms with E-state index in [1.165, 1.54) is 0 Å². The Morgan fingerprint density at radius 1 is 1.38 bits per heavy atom. The molecule has 1 amide bonds. The van der Waals surface area contributed by atoms with Crippen molar-refractivity contribution in [3.8, 4) is 0 Å². The summed E-state index contributed by atoms with van der Waals surface area (Å²) in [5.74, 6) is 0.840. The number of aliphatic hydroxyl groups is 1. The van der Waals surface area contributed by atoms with Gasteiger partial charge in [0.15, 0.2) is 0 Å². The molecule has 2 heterocycles. The van der Waals surface area contributed by atoms with Crippen molar-refractivity contribution in [1.29, 1.82) is 0 Å². The maximum atomic E-state index is 13.5. The standard InChI is InChI=1S/C22H27ClFN3O2/c1-14-3-2-9-22(29,11-14)13-25-21(28)20-16-4-7-19(27-10-8-15(24)12-27)26-18(16)6-5-17(20)23/h4-7,14-15,29H,2-3,8-13H2,1H3,(H,25,28). The molecule has 1 aliphatic heterocycles. The second-order valence-electron chi connectivity index (χ2n) is 8.60. The lowest BCUT2D eigenvalue weighted by molar-refractivity contribution is -0.0109. The number of nitrogens with one attached hydrogen (secondary N) is 1. The van der Waals surface area contributed by atoms with Gasteiger partial charge in [0.2, 0.25) is 0 Å². The Morgan fingerprint density at radius 2 is 2.21 bits per heavy atom. The number of hydrogen-bond acceptors (Lipinski definition) is 4. The number of rotatable bonds is 4. The van der Waals surface area contributed by atoms with Crippen molar-refractivity contribution in [2.45, 2.75) is 50.8 Å². The third-order valence-corrected chi connectivity index (χ3v) is 6.45. The minimum Gasteiger partial charge on any atom is -0.388 e. The van der Waals surface area contributed by atoms with E-state index in [0.29, 0.717) is 65.6 Å². The van der Waals surface area contributed by atoms with Gasteiger partial charge in [0.25, 0.3) is 5.91 Å². The minimum atomic E-state index is -0.867. The quantitative estimate of drug-likeness (QED) is 0.782. The van der Waals surface area contributed by atoms with E-state index in [4.69, 9.17) is 11.6 Å². The molecule has 7 heteroatoms. The summed E-state index contributed by atoms with van der Waals surface area (Å²) in [7, 11) is 0. The number of nitrogens with zero attached hydrogens (tertiary/aromatic N) is 2. The first-order valence-corrected chi connectivity index (χ1v) is 10.7. The lowest BCUT2D eigenvalue weighted by Gasteiger charge is -2.35. The number of hydrogen-bond donors (Lipinski definition) is 2. The highest BCUT2D eigenvalue weighted by Crippen LogP contribution is 2.32. The van der Waals surface area contributed by atoms with Crippen LogP contribution in [0.2, 0.25) is 5.02 Å². The van der Waals surface area contributed by atoms with E-state index in [-0.39, 0.29) is 12.5 Å². The minimum absolute atomic E-state index is 0.208. The molecule has 2 fully saturated rings. The van der Waals surface area contributed by atoms with Crippen LogP contribution in [0.1, 0.15) is 49.4 Å². The van der Waals surface area contributed by atoms with Crippen LogP contribution in [-0.2, 0) is 0 Å². The van der Waals surface area contributed by atoms with Gasteiger partial charge in [-0.25, -0.2) is 9.37 Å². The third kappa shape index (κ3) is 4.33. The Bertz CT molecular complexity index is 924. The first kappa shape index (κ1) is 20.4. The predicted octanol–water partition coefficient (Wildman–Crippen LogP) is 4.11. The summed E-state index contributed by atoms with van der Waals surface area (Å²) in [5.41, 5.74) is 0.138. The zero-order valence-corrected chi connectivity index (χ0v) is 17.4. The van der Waals surface area contributed by atoms with E-state index < -0.39 is 11.8 Å². The summed E-state index contributed by atoms with van der Waals surface area (Å²) in [6.07, 6.45) is 3.14. The number of halogens is 2. The van der Waals surface area contributed by atoms with Gasteiger partial charge in [-0.3, -0.25) is 4.79 Å². The molecule has 2 aromatic rings. The zero-order valence-electron chi connectivity index (χ0n) is 16.6. The molecular weight excluding hydrogens is 393 g/mol. The molecule has 5 nitrogen and oxygen atoms in total. The van der Waals surface area contributed by atoms with Crippen LogP contribution < -0.4 is 10.2 Å². The van der Waals surface area contributed by atoms with Crippen LogP contribution >= 0.6 is 11.6 Å². The number of amides is 1. The second-order valence-corrected chi connectivity index (χ2v) is 9.01. The van der Waals surface area contributed by atoms with Crippen LogP contribution in [0.4, 0.5) is 10.2 Å². The van der Waals surface area contributed by atoms with Gasteiger partial charge in [-0.05, 0) is 49.4 Å². The van der Waals surface area contributed by atoms with Crippen molar-refractivity contribution in [1.82, 2.24) is 10.3 Å². The van der Waals surface area contributed by atoms with Crippen molar-refractivity contribution in [3.05, 3.63) is 34.9 Å². The van der Waals surface area contributed by atoms with E-state index in [9.17, 15) is 14.3 Å². The van der Waals surface area contributed by atoms with Gasteiger partial charge in [0.1, 0.15) is 12.0 Å².